The number of ether oxygens (including phenoxy) is 1. The Bertz CT molecular complexity index is 937. The largest absolute Gasteiger partial charge is 0.441 e. The second-order valence-electron chi connectivity index (χ2n) is 6.66. The van der Waals surface area contributed by atoms with Gasteiger partial charge in [-0.25, -0.2) is 4.98 Å². The van der Waals surface area contributed by atoms with Crippen LogP contribution in [0.15, 0.2) is 59.0 Å². The van der Waals surface area contributed by atoms with Crippen molar-refractivity contribution in [2.75, 3.05) is 13.2 Å². The second kappa shape index (κ2) is 8.22. The molecule has 1 aliphatic rings. The number of carbonyl (C=O) groups excluding carboxylic acids is 2. The summed E-state index contributed by atoms with van der Waals surface area (Å²) < 4.78 is 11.2. The van der Waals surface area contributed by atoms with E-state index in [-0.39, 0.29) is 18.4 Å². The molecular weight excluding hydrogens is 358 g/mol. The van der Waals surface area contributed by atoms with E-state index in [4.69, 9.17) is 9.15 Å². The van der Waals surface area contributed by atoms with Gasteiger partial charge in [0.05, 0.1) is 6.04 Å². The van der Waals surface area contributed by atoms with Crippen LogP contribution in [0.4, 0.5) is 0 Å². The van der Waals surface area contributed by atoms with Crippen LogP contribution in [0, 0.1) is 0 Å². The Morgan fingerprint density at radius 3 is 2.75 bits per heavy atom. The zero-order valence-electron chi connectivity index (χ0n) is 15.3. The first-order chi connectivity index (χ1) is 13.7. The molecular formula is C21H21N3O4. The number of aryl methyl sites for hydroxylation is 1. The van der Waals surface area contributed by atoms with Crippen LogP contribution in [-0.4, -0.2) is 36.1 Å². The zero-order chi connectivity index (χ0) is 19.3. The minimum Gasteiger partial charge on any atom is -0.441 e. The number of nitrogens with one attached hydrogen (secondary N) is 2. The van der Waals surface area contributed by atoms with Gasteiger partial charge in [0.1, 0.15) is 12.1 Å². The highest BCUT2D eigenvalue weighted by Crippen LogP contribution is 2.22. The maximum atomic E-state index is 12.6. The molecule has 7 nitrogen and oxygen atoms in total. The molecule has 2 N–H and O–H groups in total. The lowest BCUT2D eigenvalue weighted by molar-refractivity contribution is -0.148. The van der Waals surface area contributed by atoms with E-state index in [2.05, 4.69) is 15.6 Å². The van der Waals surface area contributed by atoms with E-state index in [1.54, 1.807) is 0 Å². The van der Waals surface area contributed by atoms with Gasteiger partial charge in [-0.05, 0) is 24.1 Å². The number of nitrogens with zero attached hydrogens (tertiary/aromatic N) is 1. The average Bonchev–Trinajstić information content (AvgIpc) is 3.14. The number of hydrogen-bond acceptors (Lipinski definition) is 5. The van der Waals surface area contributed by atoms with Gasteiger partial charge >= 0.3 is 0 Å². The van der Waals surface area contributed by atoms with Crippen LogP contribution in [0.2, 0.25) is 0 Å². The van der Waals surface area contributed by atoms with E-state index in [0.29, 0.717) is 25.3 Å². The summed E-state index contributed by atoms with van der Waals surface area (Å²) in [5.41, 5.74) is 2.43. The summed E-state index contributed by atoms with van der Waals surface area (Å²) in [5, 5.41) is 5.73. The first-order valence-corrected chi connectivity index (χ1v) is 9.29. The lowest BCUT2D eigenvalue weighted by Crippen LogP contribution is -2.52. The highest BCUT2D eigenvalue weighted by atomic mass is 16.5. The smallest absolute Gasteiger partial charge is 0.251 e. The van der Waals surface area contributed by atoms with Crippen molar-refractivity contribution >= 4 is 22.9 Å². The molecule has 1 saturated heterocycles. The Labute approximate surface area is 162 Å². The quantitative estimate of drug-likeness (QED) is 0.640. The molecule has 2 heterocycles. The van der Waals surface area contributed by atoms with Crippen molar-refractivity contribution in [1.29, 1.82) is 0 Å². The highest BCUT2D eigenvalue weighted by molar-refractivity contribution is 5.86. The summed E-state index contributed by atoms with van der Waals surface area (Å²) in [4.78, 5) is 28.8. The van der Waals surface area contributed by atoms with Gasteiger partial charge in [-0.3, -0.25) is 9.59 Å². The van der Waals surface area contributed by atoms with E-state index in [1.165, 1.54) is 0 Å². The predicted molar refractivity (Wildman–Crippen MR) is 102 cm³/mol. The van der Waals surface area contributed by atoms with Crippen molar-refractivity contribution in [3.8, 4) is 0 Å². The van der Waals surface area contributed by atoms with Gasteiger partial charge in [0.15, 0.2) is 17.6 Å². The van der Waals surface area contributed by atoms with Gasteiger partial charge in [-0.1, -0.05) is 42.5 Å². The van der Waals surface area contributed by atoms with Crippen molar-refractivity contribution in [1.82, 2.24) is 15.6 Å². The first kappa shape index (κ1) is 18.2. The molecule has 0 unspecified atom stereocenters. The Kier molecular flexibility index (Phi) is 5.34. The normalized spacial score (nSPS) is 19.4. The summed E-state index contributed by atoms with van der Waals surface area (Å²) in [6.45, 7) is 0.344. The van der Waals surface area contributed by atoms with E-state index >= 15 is 0 Å². The van der Waals surface area contributed by atoms with Gasteiger partial charge in [0, 0.05) is 13.0 Å². The number of benzene rings is 2. The lowest BCUT2D eigenvalue weighted by atomic mass is 9.99. The van der Waals surface area contributed by atoms with Crippen molar-refractivity contribution in [2.24, 2.45) is 0 Å². The molecule has 0 radical (unpaired) electrons. The summed E-state index contributed by atoms with van der Waals surface area (Å²) in [6, 6.07) is 16.5. The molecule has 0 aliphatic carbocycles. The fourth-order valence-corrected chi connectivity index (χ4v) is 3.28. The maximum Gasteiger partial charge on any atom is 0.251 e. The monoisotopic (exact) mass is 379 g/mol. The van der Waals surface area contributed by atoms with Gasteiger partial charge < -0.3 is 19.8 Å². The Balaban J connectivity index is 1.32. The van der Waals surface area contributed by atoms with E-state index < -0.39 is 12.1 Å². The number of rotatable bonds is 6. The molecule has 4 rings (SSSR count). The maximum absolute atomic E-state index is 12.6. The summed E-state index contributed by atoms with van der Waals surface area (Å²) >= 11 is 0. The number of para-hydroxylation sites is 2. The van der Waals surface area contributed by atoms with Gasteiger partial charge in [0.25, 0.3) is 5.91 Å². The number of fused-ring (bicyclic) bond motifs is 1. The Hall–Kier alpha value is -3.19. The highest BCUT2D eigenvalue weighted by Gasteiger charge is 2.35. The number of morpholine rings is 1. The van der Waals surface area contributed by atoms with Crippen LogP contribution in [0.5, 0.6) is 0 Å². The number of hydrogen-bond donors (Lipinski definition) is 2. The lowest BCUT2D eigenvalue weighted by Gasteiger charge is -2.31. The van der Waals surface area contributed by atoms with Gasteiger partial charge in [0.2, 0.25) is 5.91 Å². The first-order valence-electron chi connectivity index (χ1n) is 9.29. The number of carbonyl (C=O) groups is 2. The molecule has 1 aliphatic heterocycles. The molecule has 144 valence electrons. The van der Waals surface area contributed by atoms with Crippen molar-refractivity contribution in [2.45, 2.75) is 25.0 Å². The fraction of sp³-hybridized carbons (Fsp3) is 0.286. The summed E-state index contributed by atoms with van der Waals surface area (Å²) in [7, 11) is 0. The third-order valence-corrected chi connectivity index (χ3v) is 4.64. The van der Waals surface area contributed by atoms with E-state index in [0.717, 1.165) is 16.7 Å². The molecule has 0 saturated carbocycles. The molecule has 7 heteroatoms. The van der Waals surface area contributed by atoms with Crippen molar-refractivity contribution in [3.05, 3.63) is 66.1 Å². The summed E-state index contributed by atoms with van der Waals surface area (Å²) in [5.74, 6) is 0.180. The average molecular weight is 379 g/mol. The second-order valence-corrected chi connectivity index (χ2v) is 6.66. The fourth-order valence-electron chi connectivity index (χ4n) is 3.28. The van der Waals surface area contributed by atoms with E-state index in [9.17, 15) is 9.59 Å². The molecule has 28 heavy (non-hydrogen) atoms. The molecule has 2 atom stereocenters. The van der Waals surface area contributed by atoms with Crippen molar-refractivity contribution in [3.63, 3.8) is 0 Å². The molecule has 1 aromatic heterocycles. The topological polar surface area (TPSA) is 93.5 Å². The molecule has 2 aromatic carbocycles. The van der Waals surface area contributed by atoms with Crippen LogP contribution in [-0.2, 0) is 20.7 Å². The number of amides is 2. The Morgan fingerprint density at radius 1 is 1.14 bits per heavy atom. The van der Waals surface area contributed by atoms with Crippen LogP contribution in [0.1, 0.15) is 23.9 Å². The minimum atomic E-state index is -0.760. The third-order valence-electron chi connectivity index (χ3n) is 4.64. The number of oxazole rings is 1. The molecule has 3 aromatic rings. The van der Waals surface area contributed by atoms with E-state index in [1.807, 2.05) is 54.6 Å². The van der Waals surface area contributed by atoms with Crippen molar-refractivity contribution < 1.29 is 18.7 Å². The molecule has 1 fully saturated rings. The Morgan fingerprint density at radius 2 is 1.93 bits per heavy atom. The van der Waals surface area contributed by atoms with Crippen LogP contribution in [0.25, 0.3) is 11.1 Å². The van der Waals surface area contributed by atoms with Gasteiger partial charge in [-0.2, -0.15) is 0 Å². The van der Waals surface area contributed by atoms with Crippen LogP contribution in [0.3, 0.4) is 0 Å². The summed E-state index contributed by atoms with van der Waals surface area (Å²) in [6.07, 6.45) is 0.553. The minimum absolute atomic E-state index is 0.121. The molecule has 2 amide bonds. The van der Waals surface area contributed by atoms with Crippen LogP contribution >= 0.6 is 0 Å². The molecule has 0 bridgehead atoms. The van der Waals surface area contributed by atoms with Crippen LogP contribution < -0.4 is 10.6 Å². The SMILES string of the molecule is O=C1CO[C@H](C(=O)NCCCc2nc3ccccc3o2)[C@@H](c2ccccc2)N1. The standard InChI is InChI=1S/C21H21N3O4/c25-17-13-27-20(19(24-17)14-7-2-1-3-8-14)21(26)22-12-6-11-18-23-15-9-4-5-10-16(15)28-18/h1-5,7-10,19-20H,6,11-13H2,(H,22,26)(H,24,25)/t19-,20+/m1/s1. The zero-order valence-corrected chi connectivity index (χ0v) is 15.3. The third kappa shape index (κ3) is 4.04. The predicted octanol–water partition coefficient (Wildman–Crippen LogP) is 2.13. The number of aromatic nitrogens is 1. The van der Waals surface area contributed by atoms with Gasteiger partial charge in [-0.15, -0.1) is 0 Å². The molecule has 0 spiro atoms.